The Bertz CT molecular complexity index is 1240. The molecular weight excluding hydrogens is 508 g/mol. The van der Waals surface area contributed by atoms with Crippen molar-refractivity contribution in [1.82, 2.24) is 15.5 Å². The summed E-state index contributed by atoms with van der Waals surface area (Å²) in [6.45, 7) is 10.6. The molecule has 0 bridgehead atoms. The van der Waals surface area contributed by atoms with Crippen LogP contribution in [0.25, 0.3) is 0 Å². The van der Waals surface area contributed by atoms with Crippen LogP contribution in [0.1, 0.15) is 77.1 Å². The van der Waals surface area contributed by atoms with Crippen LogP contribution < -0.4 is 16.4 Å². The summed E-state index contributed by atoms with van der Waals surface area (Å²) in [7, 11) is 0. The van der Waals surface area contributed by atoms with Crippen LogP contribution in [0, 0.1) is 12.3 Å². The van der Waals surface area contributed by atoms with E-state index in [-0.39, 0.29) is 19.4 Å². The van der Waals surface area contributed by atoms with E-state index in [2.05, 4.69) is 16.6 Å². The molecular formula is C31H40N4O5. The van der Waals surface area contributed by atoms with E-state index in [1.54, 1.807) is 65.8 Å². The molecule has 9 heteroatoms. The summed E-state index contributed by atoms with van der Waals surface area (Å²) in [6.07, 6.45) is 4.70. The minimum absolute atomic E-state index is 0.0882. The quantitative estimate of drug-likeness (QED) is 0.389. The predicted octanol–water partition coefficient (Wildman–Crippen LogP) is 3.81. The molecule has 0 saturated carbocycles. The van der Waals surface area contributed by atoms with Gasteiger partial charge in [0.2, 0.25) is 17.7 Å². The summed E-state index contributed by atoms with van der Waals surface area (Å²) in [5.74, 6) is 0.921. The molecule has 4 amide bonds. The summed E-state index contributed by atoms with van der Waals surface area (Å²) in [5.41, 5.74) is 5.39. The number of nitrogens with two attached hydrogens (primary N) is 1. The SMILES string of the molecule is C#Cc1ccccc1C(C(=O)NCc1ccccc1)N(C(=O)C(CCC(N)=O)NC(=O)OC(C)(C)C)C(C)(C)C. The van der Waals surface area contributed by atoms with Gasteiger partial charge in [-0.05, 0) is 65.2 Å². The van der Waals surface area contributed by atoms with Crippen LogP contribution in [0.3, 0.4) is 0 Å². The van der Waals surface area contributed by atoms with Crippen LogP contribution in [0.5, 0.6) is 0 Å². The van der Waals surface area contributed by atoms with E-state index in [9.17, 15) is 19.2 Å². The number of ether oxygens (including phenoxy) is 1. The Balaban J connectivity index is 2.59. The van der Waals surface area contributed by atoms with E-state index in [0.717, 1.165) is 5.56 Å². The number of hydrogen-bond acceptors (Lipinski definition) is 5. The molecule has 0 spiro atoms. The van der Waals surface area contributed by atoms with Crippen molar-refractivity contribution in [1.29, 1.82) is 0 Å². The van der Waals surface area contributed by atoms with Crippen molar-refractivity contribution in [2.24, 2.45) is 5.73 Å². The summed E-state index contributed by atoms with van der Waals surface area (Å²) < 4.78 is 5.36. The molecule has 0 aromatic heterocycles. The Hall–Kier alpha value is -4.32. The first-order chi connectivity index (χ1) is 18.6. The average molecular weight is 549 g/mol. The third-order valence-electron chi connectivity index (χ3n) is 5.86. The molecule has 2 aromatic rings. The Morgan fingerprint density at radius 1 is 0.975 bits per heavy atom. The summed E-state index contributed by atoms with van der Waals surface area (Å²) in [5, 5.41) is 5.51. The number of primary amides is 1. The van der Waals surface area contributed by atoms with E-state index in [1.165, 1.54) is 4.90 Å². The number of amides is 4. The van der Waals surface area contributed by atoms with Crippen molar-refractivity contribution in [3.8, 4) is 12.3 Å². The van der Waals surface area contributed by atoms with Gasteiger partial charge >= 0.3 is 6.09 Å². The highest BCUT2D eigenvalue weighted by Crippen LogP contribution is 2.32. The zero-order valence-corrected chi connectivity index (χ0v) is 24.1. The molecule has 0 radical (unpaired) electrons. The van der Waals surface area contributed by atoms with Crippen LogP contribution in [0.2, 0.25) is 0 Å². The first kappa shape index (κ1) is 31.9. The van der Waals surface area contributed by atoms with Gasteiger partial charge in [0.25, 0.3) is 0 Å². The lowest BCUT2D eigenvalue weighted by Gasteiger charge is -2.43. The van der Waals surface area contributed by atoms with Gasteiger partial charge in [0.15, 0.2) is 0 Å². The molecule has 0 heterocycles. The number of nitrogens with one attached hydrogen (secondary N) is 2. The first-order valence-electron chi connectivity index (χ1n) is 13.1. The zero-order chi connectivity index (χ0) is 30.1. The van der Waals surface area contributed by atoms with Crippen LogP contribution in [-0.4, -0.2) is 45.9 Å². The van der Waals surface area contributed by atoms with E-state index < -0.39 is 47.0 Å². The Morgan fingerprint density at radius 3 is 2.12 bits per heavy atom. The third-order valence-corrected chi connectivity index (χ3v) is 5.86. The number of carbonyl (C=O) groups excluding carboxylic acids is 4. The molecule has 0 aliphatic heterocycles. The molecule has 9 nitrogen and oxygen atoms in total. The Kier molecular flexibility index (Phi) is 10.9. The van der Waals surface area contributed by atoms with Gasteiger partial charge in [-0.15, -0.1) is 6.42 Å². The van der Waals surface area contributed by atoms with Gasteiger partial charge in [0, 0.05) is 24.1 Å². The number of nitrogens with zero attached hydrogens (tertiary/aromatic N) is 1. The lowest BCUT2D eigenvalue weighted by atomic mass is 9.92. The number of alkyl carbamates (subject to hydrolysis) is 1. The molecule has 2 aromatic carbocycles. The fraction of sp³-hybridized carbons (Fsp3) is 0.419. The monoisotopic (exact) mass is 548 g/mol. The number of rotatable bonds is 10. The van der Waals surface area contributed by atoms with E-state index >= 15 is 0 Å². The first-order valence-corrected chi connectivity index (χ1v) is 13.1. The third kappa shape index (κ3) is 9.45. The Morgan fingerprint density at radius 2 is 1.57 bits per heavy atom. The molecule has 0 aliphatic rings. The summed E-state index contributed by atoms with van der Waals surface area (Å²) >= 11 is 0. The maximum atomic E-state index is 14.3. The number of hydrogen-bond donors (Lipinski definition) is 3. The predicted molar refractivity (Wildman–Crippen MR) is 154 cm³/mol. The van der Waals surface area contributed by atoms with Gasteiger partial charge in [0.05, 0.1) is 0 Å². The standard InChI is InChI=1S/C31H40N4O5/c1-8-22-16-12-13-17-23(22)26(27(37)33-20-21-14-10-9-11-15-21)35(30(2,3)4)28(38)24(18-19-25(32)36)34-29(39)40-31(5,6)7/h1,9-17,24,26H,18-20H2,2-7H3,(H2,32,36)(H,33,37)(H,34,39). The molecule has 0 fully saturated rings. The fourth-order valence-electron chi connectivity index (χ4n) is 4.15. The smallest absolute Gasteiger partial charge is 0.408 e. The lowest BCUT2D eigenvalue weighted by Crippen LogP contribution is -2.58. The van der Waals surface area contributed by atoms with E-state index in [1.807, 2.05) is 30.3 Å². The topological polar surface area (TPSA) is 131 Å². The van der Waals surface area contributed by atoms with Crippen molar-refractivity contribution in [2.45, 2.75) is 84.2 Å². The van der Waals surface area contributed by atoms with Crippen LogP contribution >= 0.6 is 0 Å². The van der Waals surface area contributed by atoms with Gasteiger partial charge in [-0.3, -0.25) is 14.4 Å². The molecule has 2 unspecified atom stereocenters. The van der Waals surface area contributed by atoms with E-state index in [4.69, 9.17) is 16.9 Å². The molecule has 214 valence electrons. The second kappa shape index (κ2) is 13.7. The summed E-state index contributed by atoms with van der Waals surface area (Å²) in [6, 6.07) is 13.9. The van der Waals surface area contributed by atoms with Crippen molar-refractivity contribution in [2.75, 3.05) is 0 Å². The zero-order valence-electron chi connectivity index (χ0n) is 24.1. The second-order valence-corrected chi connectivity index (χ2v) is 11.4. The highest BCUT2D eigenvalue weighted by Gasteiger charge is 2.42. The second-order valence-electron chi connectivity index (χ2n) is 11.4. The van der Waals surface area contributed by atoms with Crippen molar-refractivity contribution in [3.05, 3.63) is 71.3 Å². The van der Waals surface area contributed by atoms with Gasteiger partial charge in [-0.2, -0.15) is 0 Å². The van der Waals surface area contributed by atoms with Crippen LogP contribution in [-0.2, 0) is 25.7 Å². The minimum atomic E-state index is -1.20. The van der Waals surface area contributed by atoms with Crippen molar-refractivity contribution < 1.29 is 23.9 Å². The highest BCUT2D eigenvalue weighted by atomic mass is 16.6. The Labute approximate surface area is 236 Å². The van der Waals surface area contributed by atoms with Crippen LogP contribution in [0.15, 0.2) is 54.6 Å². The summed E-state index contributed by atoms with van der Waals surface area (Å²) in [4.78, 5) is 53.9. The number of benzene rings is 2. The highest BCUT2D eigenvalue weighted by molar-refractivity contribution is 5.93. The van der Waals surface area contributed by atoms with Crippen LogP contribution in [0.4, 0.5) is 4.79 Å². The molecule has 2 atom stereocenters. The van der Waals surface area contributed by atoms with E-state index in [0.29, 0.717) is 11.1 Å². The molecule has 0 aliphatic carbocycles. The molecule has 4 N–H and O–H groups in total. The molecule has 2 rings (SSSR count). The lowest BCUT2D eigenvalue weighted by molar-refractivity contribution is -0.148. The largest absolute Gasteiger partial charge is 0.444 e. The van der Waals surface area contributed by atoms with Gasteiger partial charge < -0.3 is 26.0 Å². The van der Waals surface area contributed by atoms with Gasteiger partial charge in [-0.1, -0.05) is 54.5 Å². The average Bonchev–Trinajstić information content (AvgIpc) is 2.86. The minimum Gasteiger partial charge on any atom is -0.444 e. The van der Waals surface area contributed by atoms with Crippen molar-refractivity contribution in [3.63, 3.8) is 0 Å². The molecule has 40 heavy (non-hydrogen) atoms. The number of terminal acetylenes is 1. The maximum absolute atomic E-state index is 14.3. The van der Waals surface area contributed by atoms with Crippen molar-refractivity contribution >= 4 is 23.8 Å². The maximum Gasteiger partial charge on any atom is 0.408 e. The van der Waals surface area contributed by atoms with Gasteiger partial charge in [-0.25, -0.2) is 4.79 Å². The van der Waals surface area contributed by atoms with Gasteiger partial charge in [0.1, 0.15) is 17.7 Å². The molecule has 0 saturated heterocycles. The fourth-order valence-corrected chi connectivity index (χ4v) is 4.15. The number of carbonyl (C=O) groups is 4. The normalized spacial score (nSPS) is 12.8.